The maximum atomic E-state index is 12.9. The standard InChI is InChI=1S/C24H28N2O3/c27-21-5-6-22(28)19(10-21)14-25-20-3-1-18(2-4-20)23(29)26-24-11-15-7-16(12-24)9-17(8-15)13-24/h1-6,10,15-17,25,27-28H,7-9,11-14H2,(H,26,29). The number of anilines is 1. The van der Waals surface area contributed by atoms with E-state index in [-0.39, 0.29) is 22.9 Å². The van der Waals surface area contributed by atoms with Crippen LogP contribution in [0.2, 0.25) is 0 Å². The summed E-state index contributed by atoms with van der Waals surface area (Å²) in [4.78, 5) is 12.9. The Bertz CT molecular complexity index is 887. The number of phenols is 2. The maximum Gasteiger partial charge on any atom is 0.251 e. The molecule has 0 aromatic heterocycles. The van der Waals surface area contributed by atoms with Crippen LogP contribution < -0.4 is 10.6 Å². The molecule has 0 atom stereocenters. The summed E-state index contributed by atoms with van der Waals surface area (Å²) in [5.41, 5.74) is 2.19. The van der Waals surface area contributed by atoms with Gasteiger partial charge in [-0.15, -0.1) is 0 Å². The van der Waals surface area contributed by atoms with Crippen LogP contribution in [0.3, 0.4) is 0 Å². The molecule has 2 aromatic rings. The second-order valence-corrected chi connectivity index (χ2v) is 9.40. The molecule has 4 N–H and O–H groups in total. The van der Waals surface area contributed by atoms with Crippen LogP contribution in [0.25, 0.3) is 0 Å². The Labute approximate surface area is 171 Å². The van der Waals surface area contributed by atoms with Crippen molar-refractivity contribution in [3.63, 3.8) is 0 Å². The summed E-state index contributed by atoms with van der Waals surface area (Å²) in [5, 5.41) is 26.1. The Kier molecular flexibility index (Phi) is 4.41. The van der Waals surface area contributed by atoms with E-state index in [9.17, 15) is 15.0 Å². The first-order chi connectivity index (χ1) is 14.0. The van der Waals surface area contributed by atoms with E-state index in [0.717, 1.165) is 42.7 Å². The minimum absolute atomic E-state index is 0.0234. The molecule has 6 rings (SSSR count). The van der Waals surface area contributed by atoms with E-state index in [1.807, 2.05) is 24.3 Å². The third-order valence-electron chi connectivity index (χ3n) is 7.11. The highest BCUT2D eigenvalue weighted by molar-refractivity contribution is 5.95. The fraction of sp³-hybridized carbons (Fsp3) is 0.458. The normalized spacial score (nSPS) is 29.6. The topological polar surface area (TPSA) is 81.6 Å². The maximum absolute atomic E-state index is 12.9. The van der Waals surface area contributed by atoms with Crippen molar-refractivity contribution < 1.29 is 15.0 Å². The Hall–Kier alpha value is -2.69. The van der Waals surface area contributed by atoms with Crippen molar-refractivity contribution >= 4 is 11.6 Å². The number of rotatable bonds is 5. The molecular weight excluding hydrogens is 364 g/mol. The second-order valence-electron chi connectivity index (χ2n) is 9.40. The number of hydrogen-bond donors (Lipinski definition) is 4. The second kappa shape index (κ2) is 6.97. The van der Waals surface area contributed by atoms with Gasteiger partial charge in [0.15, 0.2) is 0 Å². The van der Waals surface area contributed by atoms with Crippen molar-refractivity contribution in [1.29, 1.82) is 0 Å². The van der Waals surface area contributed by atoms with Gasteiger partial charge < -0.3 is 20.8 Å². The summed E-state index contributed by atoms with van der Waals surface area (Å²) in [5.74, 6) is 2.72. The zero-order chi connectivity index (χ0) is 20.0. The summed E-state index contributed by atoms with van der Waals surface area (Å²) in [7, 11) is 0. The van der Waals surface area contributed by atoms with Gasteiger partial charge in [0.25, 0.3) is 5.91 Å². The quantitative estimate of drug-likeness (QED) is 0.568. The number of carbonyl (C=O) groups is 1. The van der Waals surface area contributed by atoms with Crippen LogP contribution in [0.1, 0.15) is 54.4 Å². The molecule has 5 heteroatoms. The molecular formula is C24H28N2O3. The SMILES string of the molecule is O=C(NC12CC3CC(CC(C3)C1)C2)c1ccc(NCc2cc(O)ccc2O)cc1. The molecule has 0 aliphatic heterocycles. The van der Waals surface area contributed by atoms with Crippen LogP contribution in [0.5, 0.6) is 11.5 Å². The van der Waals surface area contributed by atoms with Crippen LogP contribution in [-0.4, -0.2) is 21.7 Å². The first-order valence-corrected chi connectivity index (χ1v) is 10.7. The molecule has 152 valence electrons. The van der Waals surface area contributed by atoms with E-state index in [1.165, 1.54) is 37.5 Å². The molecule has 0 spiro atoms. The minimum Gasteiger partial charge on any atom is -0.508 e. The first kappa shape index (κ1) is 18.3. The van der Waals surface area contributed by atoms with Gasteiger partial charge >= 0.3 is 0 Å². The van der Waals surface area contributed by atoms with Gasteiger partial charge in [0.05, 0.1) is 0 Å². The molecule has 0 heterocycles. The third kappa shape index (κ3) is 3.66. The highest BCUT2D eigenvalue weighted by Crippen LogP contribution is 2.55. The number of nitrogens with one attached hydrogen (secondary N) is 2. The average Bonchev–Trinajstić information content (AvgIpc) is 2.67. The minimum atomic E-state index is 0.0234. The molecule has 2 aromatic carbocycles. The molecule has 0 saturated heterocycles. The van der Waals surface area contributed by atoms with Gasteiger partial charge in [-0.3, -0.25) is 4.79 Å². The van der Waals surface area contributed by atoms with E-state index in [2.05, 4.69) is 10.6 Å². The Morgan fingerprint density at radius 3 is 2.17 bits per heavy atom. The number of hydrogen-bond acceptors (Lipinski definition) is 4. The van der Waals surface area contributed by atoms with Crippen molar-refractivity contribution in [3.05, 3.63) is 53.6 Å². The van der Waals surface area contributed by atoms with E-state index in [4.69, 9.17) is 0 Å². The number of carbonyl (C=O) groups excluding carboxylic acids is 1. The predicted octanol–water partition coefficient (Wildman–Crippen LogP) is 4.41. The van der Waals surface area contributed by atoms with Gasteiger partial charge in [-0.25, -0.2) is 0 Å². The number of aromatic hydroxyl groups is 2. The fourth-order valence-electron chi connectivity index (χ4n) is 6.23. The van der Waals surface area contributed by atoms with Crippen LogP contribution in [0.15, 0.2) is 42.5 Å². The van der Waals surface area contributed by atoms with E-state index in [0.29, 0.717) is 17.7 Å². The lowest BCUT2D eigenvalue weighted by molar-refractivity contribution is -0.0167. The van der Waals surface area contributed by atoms with Gasteiger partial charge in [0.2, 0.25) is 0 Å². The molecule has 4 saturated carbocycles. The molecule has 1 amide bonds. The van der Waals surface area contributed by atoms with E-state index in [1.54, 1.807) is 0 Å². The highest BCUT2D eigenvalue weighted by Gasteiger charge is 2.51. The van der Waals surface area contributed by atoms with E-state index < -0.39 is 0 Å². The lowest BCUT2D eigenvalue weighted by Crippen LogP contribution is -2.59. The zero-order valence-electron chi connectivity index (χ0n) is 16.5. The molecule has 4 fully saturated rings. The molecule has 0 unspecified atom stereocenters. The monoisotopic (exact) mass is 392 g/mol. The molecule has 5 nitrogen and oxygen atoms in total. The zero-order valence-corrected chi connectivity index (χ0v) is 16.5. The summed E-state index contributed by atoms with van der Waals surface area (Å²) in [6, 6.07) is 11.9. The van der Waals surface area contributed by atoms with Crippen molar-refractivity contribution in [2.24, 2.45) is 17.8 Å². The lowest BCUT2D eigenvalue weighted by atomic mass is 9.53. The molecule has 29 heavy (non-hydrogen) atoms. The van der Waals surface area contributed by atoms with Crippen LogP contribution >= 0.6 is 0 Å². The number of amides is 1. The predicted molar refractivity (Wildman–Crippen MR) is 112 cm³/mol. The number of benzene rings is 2. The summed E-state index contributed by atoms with van der Waals surface area (Å²) < 4.78 is 0. The van der Waals surface area contributed by atoms with Crippen LogP contribution in [0, 0.1) is 17.8 Å². The van der Waals surface area contributed by atoms with Crippen molar-refractivity contribution in [2.45, 2.75) is 50.6 Å². The Morgan fingerprint density at radius 2 is 1.55 bits per heavy atom. The van der Waals surface area contributed by atoms with Crippen LogP contribution in [-0.2, 0) is 6.54 Å². The summed E-state index contributed by atoms with van der Waals surface area (Å²) >= 11 is 0. The van der Waals surface area contributed by atoms with Gasteiger partial charge in [-0.2, -0.15) is 0 Å². The van der Waals surface area contributed by atoms with E-state index >= 15 is 0 Å². The molecule has 4 aliphatic rings. The van der Waals surface area contributed by atoms with Gasteiger partial charge in [-0.05, 0) is 98.7 Å². The molecule has 4 aliphatic carbocycles. The van der Waals surface area contributed by atoms with Gasteiger partial charge in [-0.1, -0.05) is 0 Å². The average molecular weight is 392 g/mol. The Morgan fingerprint density at radius 1 is 0.931 bits per heavy atom. The van der Waals surface area contributed by atoms with Gasteiger partial charge in [0, 0.05) is 28.9 Å². The van der Waals surface area contributed by atoms with Crippen molar-refractivity contribution in [1.82, 2.24) is 5.32 Å². The Balaban J connectivity index is 1.22. The number of phenolic OH excluding ortho intramolecular Hbond substituents is 2. The molecule has 0 radical (unpaired) electrons. The summed E-state index contributed by atoms with van der Waals surface area (Å²) in [6.07, 6.45) is 7.55. The third-order valence-corrected chi connectivity index (χ3v) is 7.11. The smallest absolute Gasteiger partial charge is 0.251 e. The van der Waals surface area contributed by atoms with Crippen molar-refractivity contribution in [3.8, 4) is 11.5 Å². The van der Waals surface area contributed by atoms with Crippen LogP contribution in [0.4, 0.5) is 5.69 Å². The lowest BCUT2D eigenvalue weighted by Gasteiger charge is -2.56. The summed E-state index contributed by atoms with van der Waals surface area (Å²) in [6.45, 7) is 0.388. The van der Waals surface area contributed by atoms with Gasteiger partial charge in [0.1, 0.15) is 11.5 Å². The first-order valence-electron chi connectivity index (χ1n) is 10.7. The largest absolute Gasteiger partial charge is 0.508 e. The fourth-order valence-corrected chi connectivity index (χ4v) is 6.23. The van der Waals surface area contributed by atoms with Crippen molar-refractivity contribution in [2.75, 3.05) is 5.32 Å². The molecule has 4 bridgehead atoms. The highest BCUT2D eigenvalue weighted by atomic mass is 16.3.